The normalized spacial score (nSPS) is 11.6. The molecular weight excluding hydrogens is 400 g/mol. The summed E-state index contributed by atoms with van der Waals surface area (Å²) in [5.41, 5.74) is 1.01. The van der Waals surface area contributed by atoms with Crippen molar-refractivity contribution in [2.45, 2.75) is 9.79 Å². The molecule has 1 amide bonds. The fourth-order valence-electron chi connectivity index (χ4n) is 2.28. The van der Waals surface area contributed by atoms with Crippen molar-refractivity contribution in [1.29, 1.82) is 0 Å². The number of amides is 1. The molecule has 2 aromatic carbocycles. The molecule has 0 radical (unpaired) electrons. The van der Waals surface area contributed by atoms with E-state index in [0.29, 0.717) is 0 Å². The molecule has 0 unspecified atom stereocenters. The minimum Gasteiger partial charge on any atom is -0.403 e. The number of anilines is 1. The van der Waals surface area contributed by atoms with Gasteiger partial charge in [-0.05, 0) is 54.8 Å². The molecule has 1 N–H and O–H groups in total. The van der Waals surface area contributed by atoms with E-state index in [-0.39, 0.29) is 22.4 Å². The highest BCUT2D eigenvalue weighted by Gasteiger charge is 2.18. The Hall–Kier alpha value is -2.69. The van der Waals surface area contributed by atoms with Crippen LogP contribution in [0.25, 0.3) is 11.5 Å². The highest BCUT2D eigenvalue weighted by atomic mass is 32.2. The van der Waals surface area contributed by atoms with Crippen LogP contribution >= 0.6 is 11.8 Å². The Morgan fingerprint density at radius 3 is 2.25 bits per heavy atom. The second-order valence-electron chi connectivity index (χ2n) is 5.91. The molecule has 0 aliphatic carbocycles. The number of rotatable bonds is 6. The van der Waals surface area contributed by atoms with Crippen LogP contribution in [0.4, 0.5) is 6.01 Å². The Bertz CT molecular complexity index is 1080. The van der Waals surface area contributed by atoms with Gasteiger partial charge in [-0.3, -0.25) is 10.1 Å². The lowest BCUT2D eigenvalue weighted by molar-refractivity contribution is 0.102. The maximum atomic E-state index is 12.3. The molecule has 8 nitrogen and oxygen atoms in total. The smallest absolute Gasteiger partial charge is 0.322 e. The summed E-state index contributed by atoms with van der Waals surface area (Å²) in [5.74, 6) is -0.197. The SMILES string of the molecule is CSc1ccc(-c2nnc(NC(=O)c3ccc(S(=O)(=O)N(C)C)cc3)o2)cc1. The van der Waals surface area contributed by atoms with Crippen LogP contribution in [0.15, 0.2) is 62.7 Å². The van der Waals surface area contributed by atoms with Crippen LogP contribution in [-0.4, -0.2) is 49.2 Å². The molecule has 1 aromatic heterocycles. The van der Waals surface area contributed by atoms with Gasteiger partial charge in [-0.1, -0.05) is 5.10 Å². The molecule has 3 rings (SSSR count). The van der Waals surface area contributed by atoms with E-state index in [1.165, 1.54) is 38.4 Å². The predicted molar refractivity (Wildman–Crippen MR) is 107 cm³/mol. The number of nitrogens with one attached hydrogen (secondary N) is 1. The average Bonchev–Trinajstić information content (AvgIpc) is 3.16. The van der Waals surface area contributed by atoms with E-state index in [0.717, 1.165) is 14.8 Å². The molecular formula is C18H18N4O4S2. The van der Waals surface area contributed by atoms with Gasteiger partial charge in [0.1, 0.15) is 0 Å². The van der Waals surface area contributed by atoms with E-state index in [1.807, 2.05) is 30.5 Å². The number of benzene rings is 2. The first-order chi connectivity index (χ1) is 13.3. The van der Waals surface area contributed by atoms with E-state index in [1.54, 1.807) is 11.8 Å². The zero-order valence-corrected chi connectivity index (χ0v) is 17.0. The summed E-state index contributed by atoms with van der Waals surface area (Å²) in [6, 6.07) is 13.1. The van der Waals surface area contributed by atoms with Gasteiger partial charge in [0.15, 0.2) is 0 Å². The molecule has 0 aliphatic heterocycles. The summed E-state index contributed by atoms with van der Waals surface area (Å²) in [6.07, 6.45) is 1.98. The van der Waals surface area contributed by atoms with Crippen molar-refractivity contribution in [2.75, 3.05) is 25.7 Å². The third-order valence-electron chi connectivity index (χ3n) is 3.88. The summed E-state index contributed by atoms with van der Waals surface area (Å²) >= 11 is 1.62. The molecule has 0 spiro atoms. The van der Waals surface area contributed by atoms with Crippen molar-refractivity contribution in [3.63, 3.8) is 0 Å². The van der Waals surface area contributed by atoms with Gasteiger partial charge in [0, 0.05) is 30.1 Å². The number of sulfonamides is 1. The molecule has 0 aliphatic rings. The lowest BCUT2D eigenvalue weighted by Gasteiger charge is -2.11. The summed E-state index contributed by atoms with van der Waals surface area (Å²) in [6.45, 7) is 0. The molecule has 3 aromatic rings. The molecule has 1 heterocycles. The molecule has 0 bridgehead atoms. The van der Waals surface area contributed by atoms with Gasteiger partial charge in [0.2, 0.25) is 15.9 Å². The Labute approximate surface area is 167 Å². The third-order valence-corrected chi connectivity index (χ3v) is 6.45. The Morgan fingerprint density at radius 2 is 1.68 bits per heavy atom. The molecule has 146 valence electrons. The van der Waals surface area contributed by atoms with Crippen molar-refractivity contribution in [1.82, 2.24) is 14.5 Å². The van der Waals surface area contributed by atoms with Gasteiger partial charge in [-0.2, -0.15) is 0 Å². The summed E-state index contributed by atoms with van der Waals surface area (Å²) in [4.78, 5) is 13.5. The van der Waals surface area contributed by atoms with E-state index in [4.69, 9.17) is 4.42 Å². The lowest BCUT2D eigenvalue weighted by Crippen LogP contribution is -2.22. The quantitative estimate of drug-likeness (QED) is 0.614. The predicted octanol–water partition coefficient (Wildman–Crippen LogP) is 2.96. The first kappa shape index (κ1) is 20.1. The highest BCUT2D eigenvalue weighted by molar-refractivity contribution is 7.98. The molecule has 0 fully saturated rings. The van der Waals surface area contributed by atoms with Crippen molar-refractivity contribution in [3.8, 4) is 11.5 Å². The summed E-state index contributed by atoms with van der Waals surface area (Å²) in [7, 11) is -0.667. The maximum Gasteiger partial charge on any atom is 0.322 e. The topological polar surface area (TPSA) is 105 Å². The van der Waals surface area contributed by atoms with Crippen LogP contribution in [0.1, 0.15) is 10.4 Å². The van der Waals surface area contributed by atoms with E-state index in [9.17, 15) is 13.2 Å². The van der Waals surface area contributed by atoms with Crippen LogP contribution in [0.5, 0.6) is 0 Å². The van der Waals surface area contributed by atoms with Crippen LogP contribution in [0, 0.1) is 0 Å². The van der Waals surface area contributed by atoms with Gasteiger partial charge in [0.05, 0.1) is 4.90 Å². The van der Waals surface area contributed by atoms with Crippen LogP contribution in [0.3, 0.4) is 0 Å². The highest BCUT2D eigenvalue weighted by Crippen LogP contribution is 2.23. The minimum atomic E-state index is -3.55. The van der Waals surface area contributed by atoms with E-state index < -0.39 is 15.9 Å². The molecule has 0 saturated carbocycles. The van der Waals surface area contributed by atoms with Crippen molar-refractivity contribution >= 4 is 33.7 Å². The van der Waals surface area contributed by atoms with Crippen LogP contribution in [-0.2, 0) is 10.0 Å². The van der Waals surface area contributed by atoms with E-state index in [2.05, 4.69) is 15.5 Å². The van der Waals surface area contributed by atoms with Gasteiger partial charge >= 0.3 is 6.01 Å². The number of nitrogens with zero attached hydrogens (tertiary/aromatic N) is 3. The molecule has 28 heavy (non-hydrogen) atoms. The first-order valence-corrected chi connectivity index (χ1v) is 10.8. The summed E-state index contributed by atoms with van der Waals surface area (Å²) in [5, 5.41) is 10.3. The number of hydrogen-bond acceptors (Lipinski definition) is 7. The van der Waals surface area contributed by atoms with Crippen molar-refractivity contribution in [3.05, 3.63) is 54.1 Å². The Balaban J connectivity index is 1.72. The van der Waals surface area contributed by atoms with Gasteiger partial charge in [-0.15, -0.1) is 16.9 Å². The second-order valence-corrected chi connectivity index (χ2v) is 8.94. The van der Waals surface area contributed by atoms with Gasteiger partial charge in [0.25, 0.3) is 5.91 Å². The fourth-order valence-corrected chi connectivity index (χ4v) is 3.59. The number of aromatic nitrogens is 2. The van der Waals surface area contributed by atoms with Gasteiger partial charge in [-0.25, -0.2) is 12.7 Å². The molecule has 0 atom stereocenters. The molecule has 0 saturated heterocycles. The zero-order valence-electron chi connectivity index (χ0n) is 15.4. The standard InChI is InChI=1S/C18H18N4O4S2/c1-22(2)28(24,25)15-10-6-12(7-11-15)16(23)19-18-21-20-17(26-18)13-4-8-14(27-3)9-5-13/h4-11H,1-3H3,(H,19,21,23). The van der Waals surface area contributed by atoms with Crippen LogP contribution < -0.4 is 5.32 Å². The minimum absolute atomic E-state index is 0.0427. The van der Waals surface area contributed by atoms with Crippen molar-refractivity contribution in [2.24, 2.45) is 0 Å². The summed E-state index contributed by atoms with van der Waals surface area (Å²) < 4.78 is 30.7. The Morgan fingerprint density at radius 1 is 1.04 bits per heavy atom. The second kappa shape index (κ2) is 8.13. The largest absolute Gasteiger partial charge is 0.403 e. The number of hydrogen-bond donors (Lipinski definition) is 1. The Kier molecular flexibility index (Phi) is 5.82. The number of thioether (sulfide) groups is 1. The van der Waals surface area contributed by atoms with Crippen molar-refractivity contribution < 1.29 is 17.6 Å². The number of carbonyl (C=O) groups excluding carboxylic acids is 1. The number of carbonyl (C=O) groups is 1. The first-order valence-electron chi connectivity index (χ1n) is 8.13. The fraction of sp³-hybridized carbons (Fsp3) is 0.167. The van der Waals surface area contributed by atoms with E-state index >= 15 is 0 Å². The molecule has 10 heteroatoms. The van der Waals surface area contributed by atoms with Crippen LogP contribution in [0.2, 0.25) is 0 Å². The average molecular weight is 419 g/mol. The zero-order chi connectivity index (χ0) is 20.3. The maximum absolute atomic E-state index is 12.3. The third kappa shape index (κ3) is 4.24. The van der Waals surface area contributed by atoms with Gasteiger partial charge < -0.3 is 4.42 Å². The monoisotopic (exact) mass is 418 g/mol. The lowest BCUT2D eigenvalue weighted by atomic mass is 10.2.